The van der Waals surface area contributed by atoms with Crippen molar-refractivity contribution >= 4 is 27.0 Å². The lowest BCUT2D eigenvalue weighted by Crippen LogP contribution is -1.74. The standard InChI is InChI=1S/C6H4BrN3/c7-6-1-4-5(2-8-6)10-3-9-4/h1-3H,(H,9,10). The molecule has 0 saturated heterocycles. The predicted molar refractivity (Wildman–Crippen MR) is 41.6 cm³/mol. The number of imidazole rings is 1. The van der Waals surface area contributed by atoms with E-state index in [0.717, 1.165) is 15.6 Å². The second-order valence-corrected chi connectivity index (χ2v) is 2.74. The average molecular weight is 198 g/mol. The molecule has 0 saturated carbocycles. The second-order valence-electron chi connectivity index (χ2n) is 1.93. The van der Waals surface area contributed by atoms with Gasteiger partial charge >= 0.3 is 0 Å². The van der Waals surface area contributed by atoms with Crippen molar-refractivity contribution in [1.29, 1.82) is 0 Å². The zero-order chi connectivity index (χ0) is 6.97. The van der Waals surface area contributed by atoms with Crippen LogP contribution in [0.3, 0.4) is 0 Å². The van der Waals surface area contributed by atoms with Gasteiger partial charge in [-0.1, -0.05) is 0 Å². The van der Waals surface area contributed by atoms with Gasteiger partial charge in [-0.05, 0) is 22.0 Å². The summed E-state index contributed by atoms with van der Waals surface area (Å²) in [6, 6.07) is 1.87. The monoisotopic (exact) mass is 197 g/mol. The van der Waals surface area contributed by atoms with Gasteiger partial charge in [-0.15, -0.1) is 0 Å². The summed E-state index contributed by atoms with van der Waals surface area (Å²) in [5, 5.41) is 0. The molecular formula is C6H4BrN3. The summed E-state index contributed by atoms with van der Waals surface area (Å²) < 4.78 is 0.812. The van der Waals surface area contributed by atoms with E-state index < -0.39 is 0 Å². The molecule has 0 aliphatic heterocycles. The number of fused-ring (bicyclic) bond motifs is 1. The first kappa shape index (κ1) is 5.85. The molecule has 0 atom stereocenters. The number of rotatable bonds is 0. The Kier molecular flexibility index (Phi) is 1.20. The fourth-order valence-electron chi connectivity index (χ4n) is 0.810. The number of H-pyrrole nitrogens is 1. The largest absolute Gasteiger partial charge is 0.343 e. The van der Waals surface area contributed by atoms with Crippen LogP contribution in [0.2, 0.25) is 0 Å². The Morgan fingerprint density at radius 2 is 2.30 bits per heavy atom. The second kappa shape index (κ2) is 2.05. The number of aromatic amines is 1. The highest BCUT2D eigenvalue weighted by molar-refractivity contribution is 9.10. The minimum atomic E-state index is 0.812. The highest BCUT2D eigenvalue weighted by atomic mass is 79.9. The van der Waals surface area contributed by atoms with Crippen LogP contribution in [-0.4, -0.2) is 15.0 Å². The van der Waals surface area contributed by atoms with Crippen molar-refractivity contribution in [2.75, 3.05) is 0 Å². The molecule has 10 heavy (non-hydrogen) atoms. The van der Waals surface area contributed by atoms with Gasteiger partial charge in [0.15, 0.2) is 0 Å². The Morgan fingerprint density at radius 1 is 1.40 bits per heavy atom. The van der Waals surface area contributed by atoms with E-state index in [1.807, 2.05) is 6.07 Å². The molecule has 0 fully saturated rings. The fraction of sp³-hybridized carbons (Fsp3) is 0. The van der Waals surface area contributed by atoms with Gasteiger partial charge < -0.3 is 4.98 Å². The lowest BCUT2D eigenvalue weighted by molar-refractivity contribution is 1.29. The van der Waals surface area contributed by atoms with Crippen molar-refractivity contribution < 1.29 is 0 Å². The van der Waals surface area contributed by atoms with Gasteiger partial charge in [0.2, 0.25) is 0 Å². The molecule has 0 bridgehead atoms. The molecule has 0 aliphatic rings. The van der Waals surface area contributed by atoms with Crippen LogP contribution in [0, 0.1) is 0 Å². The van der Waals surface area contributed by atoms with Crippen molar-refractivity contribution in [3.05, 3.63) is 23.2 Å². The number of nitrogens with zero attached hydrogens (tertiary/aromatic N) is 2. The van der Waals surface area contributed by atoms with Crippen LogP contribution >= 0.6 is 15.9 Å². The summed E-state index contributed by atoms with van der Waals surface area (Å²) in [7, 11) is 0. The molecule has 2 aromatic rings. The molecule has 0 radical (unpaired) electrons. The quantitative estimate of drug-likeness (QED) is 0.654. The summed E-state index contributed by atoms with van der Waals surface area (Å²) in [4.78, 5) is 11.0. The van der Waals surface area contributed by atoms with E-state index in [9.17, 15) is 0 Å². The first-order valence-corrected chi connectivity index (χ1v) is 3.60. The number of hydrogen-bond acceptors (Lipinski definition) is 2. The van der Waals surface area contributed by atoms with Crippen LogP contribution in [0.5, 0.6) is 0 Å². The third-order valence-electron chi connectivity index (χ3n) is 1.27. The molecule has 0 aliphatic carbocycles. The molecule has 0 unspecified atom stereocenters. The Hall–Kier alpha value is -0.900. The first-order chi connectivity index (χ1) is 4.86. The van der Waals surface area contributed by atoms with E-state index in [1.165, 1.54) is 0 Å². The number of hydrogen-bond donors (Lipinski definition) is 1. The Balaban J connectivity index is 2.86. The average Bonchev–Trinajstić information content (AvgIpc) is 2.33. The van der Waals surface area contributed by atoms with Crippen LogP contribution in [-0.2, 0) is 0 Å². The van der Waals surface area contributed by atoms with Crippen LogP contribution in [0.1, 0.15) is 0 Å². The van der Waals surface area contributed by atoms with Crippen LogP contribution < -0.4 is 0 Å². The summed E-state index contributed by atoms with van der Waals surface area (Å²) in [5.74, 6) is 0. The molecule has 2 rings (SSSR count). The molecule has 4 heteroatoms. The molecule has 2 heterocycles. The van der Waals surface area contributed by atoms with E-state index in [-0.39, 0.29) is 0 Å². The van der Waals surface area contributed by atoms with Gasteiger partial charge in [-0.25, -0.2) is 9.97 Å². The van der Waals surface area contributed by atoms with Crippen molar-refractivity contribution in [2.24, 2.45) is 0 Å². The zero-order valence-electron chi connectivity index (χ0n) is 5.00. The number of aromatic nitrogens is 3. The number of halogens is 1. The van der Waals surface area contributed by atoms with E-state index in [4.69, 9.17) is 0 Å². The summed E-state index contributed by atoms with van der Waals surface area (Å²) >= 11 is 3.25. The smallest absolute Gasteiger partial charge is 0.108 e. The highest BCUT2D eigenvalue weighted by Crippen LogP contribution is 2.12. The van der Waals surface area contributed by atoms with Gasteiger partial charge in [-0.2, -0.15) is 0 Å². The minimum absolute atomic E-state index is 0.812. The Labute approximate surface area is 65.6 Å². The van der Waals surface area contributed by atoms with Crippen molar-refractivity contribution in [1.82, 2.24) is 15.0 Å². The Bertz CT molecular complexity index is 355. The maximum atomic E-state index is 4.05. The third-order valence-corrected chi connectivity index (χ3v) is 1.71. The van der Waals surface area contributed by atoms with Crippen LogP contribution in [0.25, 0.3) is 11.0 Å². The van der Waals surface area contributed by atoms with E-state index in [0.29, 0.717) is 0 Å². The first-order valence-electron chi connectivity index (χ1n) is 2.81. The molecule has 0 aromatic carbocycles. The molecule has 3 nitrogen and oxygen atoms in total. The predicted octanol–water partition coefficient (Wildman–Crippen LogP) is 1.72. The highest BCUT2D eigenvalue weighted by Gasteiger charge is 1.94. The molecule has 0 amide bonds. The van der Waals surface area contributed by atoms with Crippen molar-refractivity contribution in [3.8, 4) is 0 Å². The van der Waals surface area contributed by atoms with Crippen molar-refractivity contribution in [3.63, 3.8) is 0 Å². The number of pyridine rings is 1. The SMILES string of the molecule is Brc1cc2nc[nH]c2cn1. The normalized spacial score (nSPS) is 10.5. The molecule has 50 valence electrons. The van der Waals surface area contributed by atoms with Gasteiger partial charge in [0.05, 0.1) is 23.6 Å². The molecule has 0 spiro atoms. The van der Waals surface area contributed by atoms with Crippen molar-refractivity contribution in [2.45, 2.75) is 0 Å². The molecular weight excluding hydrogens is 194 g/mol. The van der Waals surface area contributed by atoms with Crippen LogP contribution in [0.15, 0.2) is 23.2 Å². The maximum Gasteiger partial charge on any atom is 0.108 e. The third kappa shape index (κ3) is 0.806. The van der Waals surface area contributed by atoms with E-state index >= 15 is 0 Å². The zero-order valence-corrected chi connectivity index (χ0v) is 6.59. The van der Waals surface area contributed by atoms with E-state index in [2.05, 4.69) is 30.9 Å². The van der Waals surface area contributed by atoms with Gasteiger partial charge in [0.25, 0.3) is 0 Å². The van der Waals surface area contributed by atoms with Gasteiger partial charge in [0, 0.05) is 0 Å². The van der Waals surface area contributed by atoms with Gasteiger partial charge in [-0.3, -0.25) is 0 Å². The summed E-state index contributed by atoms with van der Waals surface area (Å²) in [5.41, 5.74) is 1.89. The fourth-order valence-corrected chi connectivity index (χ4v) is 1.13. The van der Waals surface area contributed by atoms with E-state index in [1.54, 1.807) is 12.5 Å². The molecule has 2 aromatic heterocycles. The van der Waals surface area contributed by atoms with Gasteiger partial charge in [0.1, 0.15) is 4.60 Å². The summed E-state index contributed by atoms with van der Waals surface area (Å²) in [6.45, 7) is 0. The number of nitrogens with one attached hydrogen (secondary N) is 1. The molecule has 1 N–H and O–H groups in total. The lowest BCUT2D eigenvalue weighted by Gasteiger charge is -1.86. The lowest BCUT2D eigenvalue weighted by atomic mass is 10.4. The minimum Gasteiger partial charge on any atom is -0.343 e. The maximum absolute atomic E-state index is 4.05. The van der Waals surface area contributed by atoms with Crippen LogP contribution in [0.4, 0.5) is 0 Å². The Morgan fingerprint density at radius 3 is 3.20 bits per heavy atom. The topological polar surface area (TPSA) is 41.6 Å². The summed E-state index contributed by atoms with van der Waals surface area (Å²) in [6.07, 6.45) is 3.39.